The zero-order valence-corrected chi connectivity index (χ0v) is 10.3. The molecule has 0 amide bonds. The van der Waals surface area contributed by atoms with Crippen molar-refractivity contribution >= 4 is 5.97 Å². The fourth-order valence-electron chi connectivity index (χ4n) is 1.47. The molecule has 0 spiro atoms. The monoisotopic (exact) mass is 236 g/mol. The van der Waals surface area contributed by atoms with E-state index >= 15 is 0 Å². The number of ether oxygens (including phenoxy) is 1. The van der Waals surface area contributed by atoms with E-state index in [4.69, 9.17) is 4.74 Å². The highest BCUT2D eigenvalue weighted by atomic mass is 16.5. The first kappa shape index (κ1) is 13.2. The van der Waals surface area contributed by atoms with Gasteiger partial charge in [-0.3, -0.25) is 4.57 Å². The second-order valence-electron chi connectivity index (χ2n) is 3.64. The summed E-state index contributed by atoms with van der Waals surface area (Å²) in [5.74, 6) is -0.404. The SMILES string of the molecule is C/C=C/C(=O)OCCn1c(C)cc(C)nc1=O. The van der Waals surface area contributed by atoms with Crippen LogP contribution in [0.2, 0.25) is 0 Å². The third-order valence-corrected chi connectivity index (χ3v) is 2.21. The molecule has 0 unspecified atom stereocenters. The molecule has 0 saturated carbocycles. The molecule has 0 aliphatic heterocycles. The summed E-state index contributed by atoms with van der Waals surface area (Å²) in [6, 6.07) is 1.81. The van der Waals surface area contributed by atoms with Crippen LogP contribution >= 0.6 is 0 Å². The fourth-order valence-corrected chi connectivity index (χ4v) is 1.47. The minimum absolute atomic E-state index is 0.161. The number of rotatable bonds is 4. The van der Waals surface area contributed by atoms with E-state index in [1.165, 1.54) is 10.6 Å². The van der Waals surface area contributed by atoms with Crippen LogP contribution in [0.4, 0.5) is 0 Å². The number of nitrogens with zero attached hydrogens (tertiary/aromatic N) is 2. The molecule has 0 bridgehead atoms. The van der Waals surface area contributed by atoms with Crippen LogP contribution in [0.25, 0.3) is 0 Å². The average Bonchev–Trinajstić information content (AvgIpc) is 2.22. The molecule has 0 N–H and O–H groups in total. The van der Waals surface area contributed by atoms with E-state index in [1.54, 1.807) is 19.9 Å². The molecule has 0 fully saturated rings. The first-order valence-corrected chi connectivity index (χ1v) is 5.39. The number of allylic oxidation sites excluding steroid dienone is 1. The van der Waals surface area contributed by atoms with Crippen LogP contribution in [0.3, 0.4) is 0 Å². The number of carbonyl (C=O) groups excluding carboxylic acids is 1. The Labute approximate surface area is 99.7 Å². The number of aryl methyl sites for hydroxylation is 2. The molecule has 0 radical (unpaired) electrons. The second-order valence-corrected chi connectivity index (χ2v) is 3.64. The van der Waals surface area contributed by atoms with Crippen molar-refractivity contribution in [3.63, 3.8) is 0 Å². The fraction of sp³-hybridized carbons (Fsp3) is 0.417. The number of esters is 1. The van der Waals surface area contributed by atoms with Crippen molar-refractivity contribution in [2.24, 2.45) is 0 Å². The first-order valence-electron chi connectivity index (χ1n) is 5.39. The van der Waals surface area contributed by atoms with Crippen molar-refractivity contribution in [1.82, 2.24) is 9.55 Å². The van der Waals surface area contributed by atoms with Crippen molar-refractivity contribution < 1.29 is 9.53 Å². The standard InChI is InChI=1S/C12H16N2O3/c1-4-5-11(15)17-7-6-14-10(3)8-9(2)13-12(14)16/h4-5,8H,6-7H2,1-3H3/b5-4+. The van der Waals surface area contributed by atoms with Crippen molar-refractivity contribution in [3.05, 3.63) is 40.1 Å². The lowest BCUT2D eigenvalue weighted by Crippen LogP contribution is -2.27. The van der Waals surface area contributed by atoms with E-state index in [1.807, 2.05) is 13.0 Å². The lowest BCUT2D eigenvalue weighted by Gasteiger charge is -2.09. The summed E-state index contributed by atoms with van der Waals surface area (Å²) < 4.78 is 6.40. The van der Waals surface area contributed by atoms with Gasteiger partial charge < -0.3 is 4.74 Å². The van der Waals surface area contributed by atoms with Crippen LogP contribution in [-0.2, 0) is 16.1 Å². The van der Waals surface area contributed by atoms with Crippen molar-refractivity contribution in [1.29, 1.82) is 0 Å². The smallest absolute Gasteiger partial charge is 0.348 e. The minimum atomic E-state index is -0.404. The van der Waals surface area contributed by atoms with E-state index in [9.17, 15) is 9.59 Å². The average molecular weight is 236 g/mol. The largest absolute Gasteiger partial charge is 0.461 e. The Hall–Kier alpha value is -1.91. The molecule has 5 heteroatoms. The first-order chi connectivity index (χ1) is 8.04. The summed E-state index contributed by atoms with van der Waals surface area (Å²) in [7, 11) is 0. The zero-order chi connectivity index (χ0) is 12.8. The minimum Gasteiger partial charge on any atom is -0.461 e. The van der Waals surface area contributed by atoms with Gasteiger partial charge in [0.2, 0.25) is 0 Å². The van der Waals surface area contributed by atoms with E-state index in [0.717, 1.165) is 5.69 Å². The molecule has 92 valence electrons. The molecule has 0 atom stereocenters. The van der Waals surface area contributed by atoms with Crippen LogP contribution in [0.15, 0.2) is 23.0 Å². The normalized spacial score (nSPS) is 10.8. The molecule has 0 aliphatic carbocycles. The Balaban J connectivity index is 2.64. The molecule has 17 heavy (non-hydrogen) atoms. The molecule has 1 rings (SSSR count). The highest BCUT2D eigenvalue weighted by molar-refractivity contribution is 5.81. The Morgan fingerprint density at radius 2 is 2.24 bits per heavy atom. The summed E-state index contributed by atoms with van der Waals surface area (Å²) in [5.41, 5.74) is 1.18. The Morgan fingerprint density at radius 1 is 1.53 bits per heavy atom. The number of hydrogen-bond acceptors (Lipinski definition) is 4. The Bertz CT molecular complexity index is 489. The molecule has 1 heterocycles. The van der Waals surface area contributed by atoms with Gasteiger partial charge in [0.1, 0.15) is 6.61 Å². The molecular weight excluding hydrogens is 220 g/mol. The highest BCUT2D eigenvalue weighted by Gasteiger charge is 2.03. The van der Waals surface area contributed by atoms with Gasteiger partial charge in [-0.15, -0.1) is 0 Å². The van der Waals surface area contributed by atoms with E-state index in [0.29, 0.717) is 12.2 Å². The van der Waals surface area contributed by atoms with E-state index in [-0.39, 0.29) is 12.3 Å². The Kier molecular flexibility index (Phi) is 4.63. The van der Waals surface area contributed by atoms with Crippen LogP contribution in [0, 0.1) is 13.8 Å². The van der Waals surface area contributed by atoms with Crippen LogP contribution in [0.1, 0.15) is 18.3 Å². The second kappa shape index (κ2) is 5.98. The zero-order valence-electron chi connectivity index (χ0n) is 10.3. The predicted octanol–water partition coefficient (Wildman–Crippen LogP) is 0.979. The molecule has 0 aromatic carbocycles. The summed E-state index contributed by atoms with van der Waals surface area (Å²) >= 11 is 0. The number of hydrogen-bond donors (Lipinski definition) is 0. The maximum Gasteiger partial charge on any atom is 0.348 e. The van der Waals surface area contributed by atoms with Crippen molar-refractivity contribution in [2.75, 3.05) is 6.61 Å². The Morgan fingerprint density at radius 3 is 2.82 bits per heavy atom. The summed E-state index contributed by atoms with van der Waals surface area (Å²) in [4.78, 5) is 26.4. The molecule has 1 aromatic heterocycles. The summed E-state index contributed by atoms with van der Waals surface area (Å²) in [6.07, 6.45) is 2.94. The molecular formula is C12H16N2O3. The topological polar surface area (TPSA) is 61.2 Å². The number of carbonyl (C=O) groups is 1. The van der Waals surface area contributed by atoms with Gasteiger partial charge in [0.05, 0.1) is 6.54 Å². The maximum absolute atomic E-state index is 11.6. The summed E-state index contributed by atoms with van der Waals surface area (Å²) in [5, 5.41) is 0. The third kappa shape index (κ3) is 3.86. The van der Waals surface area contributed by atoms with E-state index < -0.39 is 5.97 Å². The lowest BCUT2D eigenvalue weighted by atomic mass is 10.3. The van der Waals surface area contributed by atoms with Gasteiger partial charge in [0, 0.05) is 17.5 Å². The van der Waals surface area contributed by atoms with Crippen LogP contribution < -0.4 is 5.69 Å². The van der Waals surface area contributed by atoms with Gasteiger partial charge in [-0.05, 0) is 26.8 Å². The lowest BCUT2D eigenvalue weighted by molar-refractivity contribution is -0.138. The van der Waals surface area contributed by atoms with Gasteiger partial charge in [-0.1, -0.05) is 6.08 Å². The van der Waals surface area contributed by atoms with Gasteiger partial charge >= 0.3 is 11.7 Å². The molecule has 0 aliphatic rings. The van der Waals surface area contributed by atoms with Gasteiger partial charge in [-0.2, -0.15) is 4.98 Å². The van der Waals surface area contributed by atoms with E-state index in [2.05, 4.69) is 4.98 Å². The van der Waals surface area contributed by atoms with Gasteiger partial charge in [0.15, 0.2) is 0 Å². The third-order valence-electron chi connectivity index (χ3n) is 2.21. The maximum atomic E-state index is 11.6. The van der Waals surface area contributed by atoms with Crippen LogP contribution in [0.5, 0.6) is 0 Å². The predicted molar refractivity (Wildman–Crippen MR) is 63.7 cm³/mol. The van der Waals surface area contributed by atoms with Gasteiger partial charge in [0.25, 0.3) is 0 Å². The molecule has 1 aromatic rings. The number of aromatic nitrogens is 2. The van der Waals surface area contributed by atoms with Crippen molar-refractivity contribution in [3.8, 4) is 0 Å². The highest BCUT2D eigenvalue weighted by Crippen LogP contribution is 1.96. The molecule has 5 nitrogen and oxygen atoms in total. The molecule has 0 saturated heterocycles. The van der Waals surface area contributed by atoms with Crippen molar-refractivity contribution in [2.45, 2.75) is 27.3 Å². The summed E-state index contributed by atoms with van der Waals surface area (Å²) in [6.45, 7) is 5.81. The van der Waals surface area contributed by atoms with Gasteiger partial charge in [-0.25, -0.2) is 9.59 Å². The van der Waals surface area contributed by atoms with Crippen LogP contribution in [-0.4, -0.2) is 22.1 Å². The quantitative estimate of drug-likeness (QED) is 0.577.